The first-order valence-corrected chi connectivity index (χ1v) is 8.66. The van der Waals surface area contributed by atoms with Gasteiger partial charge < -0.3 is 14.8 Å². The second-order valence-electron chi connectivity index (χ2n) is 6.37. The van der Waals surface area contributed by atoms with Gasteiger partial charge in [0.05, 0.1) is 6.61 Å². The molecular formula is C18H28N2O2. The second-order valence-corrected chi connectivity index (χ2v) is 6.37. The smallest absolute Gasteiger partial charge is 0.119 e. The Hall–Kier alpha value is -1.26. The van der Waals surface area contributed by atoms with E-state index in [1.54, 1.807) is 0 Å². The standard InChI is InChI=1S/C18H28N2O2/c1-2-12-21-16-3-5-17(6-4-16)22-13-11-20-10-8-18-15(14-20)7-9-19-18/h3-6,15,18-19H,2,7-14H2,1H3. The number of piperidine rings is 1. The average molecular weight is 304 g/mol. The molecule has 2 aliphatic rings. The maximum absolute atomic E-state index is 5.87. The molecule has 4 nitrogen and oxygen atoms in total. The molecule has 2 heterocycles. The Balaban J connectivity index is 1.37. The van der Waals surface area contributed by atoms with E-state index < -0.39 is 0 Å². The highest BCUT2D eigenvalue weighted by Crippen LogP contribution is 2.24. The second kappa shape index (κ2) is 7.84. The zero-order valence-corrected chi connectivity index (χ0v) is 13.6. The number of ether oxygens (including phenoxy) is 2. The zero-order chi connectivity index (χ0) is 15.2. The zero-order valence-electron chi connectivity index (χ0n) is 13.6. The summed E-state index contributed by atoms with van der Waals surface area (Å²) in [6, 6.07) is 8.74. The van der Waals surface area contributed by atoms with Gasteiger partial charge in [-0.2, -0.15) is 0 Å². The molecule has 3 rings (SSSR count). The molecule has 1 aromatic rings. The van der Waals surface area contributed by atoms with Crippen LogP contribution in [0.2, 0.25) is 0 Å². The first-order chi connectivity index (χ1) is 10.8. The molecular weight excluding hydrogens is 276 g/mol. The first-order valence-electron chi connectivity index (χ1n) is 8.66. The van der Waals surface area contributed by atoms with E-state index in [9.17, 15) is 0 Å². The monoisotopic (exact) mass is 304 g/mol. The van der Waals surface area contributed by atoms with Gasteiger partial charge in [-0.15, -0.1) is 0 Å². The summed E-state index contributed by atoms with van der Waals surface area (Å²) in [6.45, 7) is 8.30. The molecule has 0 saturated carbocycles. The minimum Gasteiger partial charge on any atom is -0.494 e. The number of hydrogen-bond donors (Lipinski definition) is 1. The van der Waals surface area contributed by atoms with Crippen molar-refractivity contribution < 1.29 is 9.47 Å². The lowest BCUT2D eigenvalue weighted by atomic mass is 9.93. The van der Waals surface area contributed by atoms with Crippen LogP contribution >= 0.6 is 0 Å². The minimum atomic E-state index is 0.764. The summed E-state index contributed by atoms with van der Waals surface area (Å²) in [5.74, 6) is 2.70. The minimum absolute atomic E-state index is 0.764. The molecule has 2 saturated heterocycles. The Morgan fingerprint density at radius 1 is 1.09 bits per heavy atom. The quantitative estimate of drug-likeness (QED) is 0.839. The number of likely N-dealkylation sites (tertiary alicyclic amines) is 1. The summed E-state index contributed by atoms with van der Waals surface area (Å²) in [5, 5.41) is 3.61. The van der Waals surface area contributed by atoms with Gasteiger partial charge in [-0.1, -0.05) is 6.92 Å². The molecule has 0 amide bonds. The van der Waals surface area contributed by atoms with Crippen molar-refractivity contribution in [2.45, 2.75) is 32.2 Å². The number of benzene rings is 1. The van der Waals surface area contributed by atoms with E-state index in [1.165, 1.54) is 32.5 Å². The first kappa shape index (κ1) is 15.6. The van der Waals surface area contributed by atoms with Crippen molar-refractivity contribution in [1.82, 2.24) is 10.2 Å². The summed E-state index contributed by atoms with van der Waals surface area (Å²) in [6.07, 6.45) is 3.65. The fraction of sp³-hybridized carbons (Fsp3) is 0.667. The van der Waals surface area contributed by atoms with E-state index in [0.717, 1.165) is 49.6 Å². The molecule has 2 unspecified atom stereocenters. The van der Waals surface area contributed by atoms with Crippen LogP contribution in [0.1, 0.15) is 26.2 Å². The van der Waals surface area contributed by atoms with Crippen molar-refractivity contribution in [2.24, 2.45) is 5.92 Å². The predicted molar refractivity (Wildman–Crippen MR) is 88.7 cm³/mol. The van der Waals surface area contributed by atoms with Crippen LogP contribution < -0.4 is 14.8 Å². The Kier molecular flexibility index (Phi) is 5.57. The lowest BCUT2D eigenvalue weighted by Crippen LogP contribution is -2.45. The SMILES string of the molecule is CCCOc1ccc(OCCN2CCC3NCCC3C2)cc1. The summed E-state index contributed by atoms with van der Waals surface area (Å²) >= 11 is 0. The van der Waals surface area contributed by atoms with Gasteiger partial charge in [-0.05, 0) is 62.5 Å². The largest absolute Gasteiger partial charge is 0.494 e. The van der Waals surface area contributed by atoms with Crippen molar-refractivity contribution in [3.05, 3.63) is 24.3 Å². The van der Waals surface area contributed by atoms with Crippen molar-refractivity contribution in [1.29, 1.82) is 0 Å². The van der Waals surface area contributed by atoms with Gasteiger partial charge in [0.25, 0.3) is 0 Å². The number of fused-ring (bicyclic) bond motifs is 1. The topological polar surface area (TPSA) is 33.7 Å². The highest BCUT2D eigenvalue weighted by molar-refractivity contribution is 5.31. The molecule has 4 heteroatoms. The van der Waals surface area contributed by atoms with Gasteiger partial charge in [0.2, 0.25) is 0 Å². The molecule has 1 aromatic carbocycles. The highest BCUT2D eigenvalue weighted by atomic mass is 16.5. The highest BCUT2D eigenvalue weighted by Gasteiger charge is 2.32. The molecule has 0 spiro atoms. The molecule has 2 atom stereocenters. The Morgan fingerprint density at radius 3 is 2.55 bits per heavy atom. The molecule has 2 fully saturated rings. The van der Waals surface area contributed by atoms with Gasteiger partial charge in [-0.25, -0.2) is 0 Å². The van der Waals surface area contributed by atoms with Gasteiger partial charge in [0.1, 0.15) is 18.1 Å². The fourth-order valence-corrected chi connectivity index (χ4v) is 3.47. The molecule has 1 N–H and O–H groups in total. The normalized spacial score (nSPS) is 25.0. The van der Waals surface area contributed by atoms with Gasteiger partial charge in [0.15, 0.2) is 0 Å². The Morgan fingerprint density at radius 2 is 1.82 bits per heavy atom. The lowest BCUT2D eigenvalue weighted by molar-refractivity contribution is 0.138. The third kappa shape index (κ3) is 4.14. The van der Waals surface area contributed by atoms with Crippen LogP contribution in [0.25, 0.3) is 0 Å². The summed E-state index contributed by atoms with van der Waals surface area (Å²) < 4.78 is 11.4. The van der Waals surface area contributed by atoms with E-state index in [-0.39, 0.29) is 0 Å². The molecule has 0 bridgehead atoms. The summed E-state index contributed by atoms with van der Waals surface area (Å²) in [7, 11) is 0. The van der Waals surface area contributed by atoms with Crippen LogP contribution in [0, 0.1) is 5.92 Å². The van der Waals surface area contributed by atoms with Gasteiger partial charge >= 0.3 is 0 Å². The molecule has 0 aliphatic carbocycles. The van der Waals surface area contributed by atoms with Gasteiger partial charge in [0, 0.05) is 19.1 Å². The summed E-state index contributed by atoms with van der Waals surface area (Å²) in [4.78, 5) is 2.55. The number of rotatable bonds is 7. The lowest BCUT2D eigenvalue weighted by Gasteiger charge is -2.34. The number of hydrogen-bond acceptors (Lipinski definition) is 4. The molecule has 2 aliphatic heterocycles. The predicted octanol–water partition coefficient (Wildman–Crippen LogP) is 2.54. The van der Waals surface area contributed by atoms with E-state index in [1.807, 2.05) is 24.3 Å². The van der Waals surface area contributed by atoms with E-state index in [0.29, 0.717) is 0 Å². The third-order valence-electron chi connectivity index (χ3n) is 4.71. The van der Waals surface area contributed by atoms with Crippen LogP contribution in [0.4, 0.5) is 0 Å². The number of nitrogens with zero attached hydrogens (tertiary/aromatic N) is 1. The Labute approximate surface area is 133 Å². The van der Waals surface area contributed by atoms with Crippen LogP contribution in [0.5, 0.6) is 11.5 Å². The number of nitrogens with one attached hydrogen (secondary N) is 1. The molecule has 0 radical (unpaired) electrons. The van der Waals surface area contributed by atoms with Crippen LogP contribution in [0.3, 0.4) is 0 Å². The average Bonchev–Trinajstić information content (AvgIpc) is 3.02. The van der Waals surface area contributed by atoms with Gasteiger partial charge in [-0.3, -0.25) is 4.90 Å². The van der Waals surface area contributed by atoms with Crippen molar-refractivity contribution in [3.63, 3.8) is 0 Å². The third-order valence-corrected chi connectivity index (χ3v) is 4.71. The van der Waals surface area contributed by atoms with E-state index >= 15 is 0 Å². The van der Waals surface area contributed by atoms with Crippen molar-refractivity contribution >= 4 is 0 Å². The molecule has 122 valence electrons. The molecule has 0 aromatic heterocycles. The summed E-state index contributed by atoms with van der Waals surface area (Å²) in [5.41, 5.74) is 0. The maximum atomic E-state index is 5.87. The van der Waals surface area contributed by atoms with E-state index in [4.69, 9.17) is 9.47 Å². The maximum Gasteiger partial charge on any atom is 0.119 e. The van der Waals surface area contributed by atoms with Crippen molar-refractivity contribution in [3.8, 4) is 11.5 Å². The van der Waals surface area contributed by atoms with Crippen LogP contribution in [0.15, 0.2) is 24.3 Å². The van der Waals surface area contributed by atoms with E-state index in [2.05, 4.69) is 17.1 Å². The Bertz CT molecular complexity index is 449. The van der Waals surface area contributed by atoms with Crippen LogP contribution in [-0.2, 0) is 0 Å². The van der Waals surface area contributed by atoms with Crippen molar-refractivity contribution in [2.75, 3.05) is 39.4 Å². The fourth-order valence-electron chi connectivity index (χ4n) is 3.47. The molecule has 22 heavy (non-hydrogen) atoms. The van der Waals surface area contributed by atoms with Crippen LogP contribution in [-0.4, -0.2) is 50.3 Å².